The highest BCUT2D eigenvalue weighted by molar-refractivity contribution is 7.91. The van der Waals surface area contributed by atoms with Gasteiger partial charge >= 0.3 is 0 Å². The van der Waals surface area contributed by atoms with E-state index in [0.29, 0.717) is 47.4 Å². The molecular weight excluding hydrogens is 635 g/mol. The summed E-state index contributed by atoms with van der Waals surface area (Å²) in [6.07, 6.45) is 4.83. The number of aliphatic hydroxyl groups is 1. The summed E-state index contributed by atoms with van der Waals surface area (Å²) in [5, 5.41) is 12.9. The van der Waals surface area contributed by atoms with Gasteiger partial charge < -0.3 is 19.9 Å². The van der Waals surface area contributed by atoms with Crippen LogP contribution in [-0.2, 0) is 19.4 Å². The average Bonchev–Trinajstić information content (AvgIpc) is 3.44. The van der Waals surface area contributed by atoms with E-state index in [9.17, 15) is 13.2 Å². The van der Waals surface area contributed by atoms with E-state index in [4.69, 9.17) is 42.8 Å². The average molecular weight is 674 g/mol. The first-order chi connectivity index (χ1) is 21.7. The number of halogens is 2. The van der Waals surface area contributed by atoms with Crippen molar-refractivity contribution in [3.05, 3.63) is 94.0 Å². The summed E-state index contributed by atoms with van der Waals surface area (Å²) in [6.45, 7) is 0.866. The first-order valence-electron chi connectivity index (χ1n) is 15.3. The summed E-state index contributed by atoms with van der Waals surface area (Å²) in [5.41, 5.74) is -0.569. The maximum Gasteiger partial charge on any atom is 0.252 e. The molecule has 2 N–H and O–H groups in total. The smallest absolute Gasteiger partial charge is 0.252 e. The lowest BCUT2D eigenvalue weighted by molar-refractivity contribution is -0.129. The molecule has 0 bridgehead atoms. The van der Waals surface area contributed by atoms with E-state index in [1.165, 1.54) is 6.42 Å². The Morgan fingerprint density at radius 1 is 1.02 bits per heavy atom. The molecule has 3 aromatic carbocycles. The summed E-state index contributed by atoms with van der Waals surface area (Å²) in [5.74, 6) is 0.389. The Hall–Kier alpha value is -3.11. The molecule has 240 valence electrons. The van der Waals surface area contributed by atoms with Gasteiger partial charge in [0, 0.05) is 47.2 Å². The lowest BCUT2D eigenvalue weighted by Crippen LogP contribution is -2.50. The fourth-order valence-corrected chi connectivity index (χ4v) is 7.77. The Balaban J connectivity index is 1.54. The summed E-state index contributed by atoms with van der Waals surface area (Å²) < 4.78 is 39.2. The number of ether oxygens (including phenoxy) is 2. The van der Waals surface area contributed by atoms with Gasteiger partial charge in [0.2, 0.25) is 5.90 Å². The first kappa shape index (κ1) is 33.3. The Morgan fingerprint density at radius 3 is 2.44 bits per heavy atom. The number of aliphatic hydroxyl groups excluding tert-OH is 1. The number of rotatable bonds is 13. The fraction of sp³-hybridized carbons (Fsp3) is 0.412. The van der Waals surface area contributed by atoms with Crippen molar-refractivity contribution < 1.29 is 27.8 Å². The second-order valence-electron chi connectivity index (χ2n) is 11.6. The molecule has 1 saturated carbocycles. The predicted octanol–water partition coefficient (Wildman–Crippen LogP) is 6.57. The standard InChI is InChI=1S/C34H38Cl2N2O6S/c35-26-14-17-29(30(36)22-26)31-34(33(40)37-23-24-8-3-1-4-9-24,18-21-45(41,42)28-10-5-2-6-11-28)38-32(44-31)25-12-15-27(16-13-25)43-20-7-19-39/h2,5-6,10-17,22,24,31,39H,1,3-4,7-9,18-21,23H2,(H,37,40)/t31-,34-/m1/s1. The van der Waals surface area contributed by atoms with Crippen molar-refractivity contribution >= 4 is 44.8 Å². The molecule has 0 aromatic heterocycles. The summed E-state index contributed by atoms with van der Waals surface area (Å²) >= 11 is 12.9. The number of amides is 1. The molecule has 45 heavy (non-hydrogen) atoms. The number of aliphatic imine (C=N–C) groups is 1. The summed E-state index contributed by atoms with van der Waals surface area (Å²) in [6, 6.07) is 20.2. The molecule has 1 aliphatic heterocycles. The largest absolute Gasteiger partial charge is 0.494 e. The van der Waals surface area contributed by atoms with Gasteiger partial charge in [0.1, 0.15) is 5.75 Å². The molecule has 2 atom stereocenters. The van der Waals surface area contributed by atoms with Crippen LogP contribution in [-0.4, -0.2) is 56.4 Å². The molecular formula is C34H38Cl2N2O6S. The quantitative estimate of drug-likeness (QED) is 0.199. The van der Waals surface area contributed by atoms with Crippen molar-refractivity contribution in [2.75, 3.05) is 25.5 Å². The van der Waals surface area contributed by atoms with Crippen molar-refractivity contribution in [2.24, 2.45) is 10.9 Å². The molecule has 1 fully saturated rings. The second kappa shape index (κ2) is 15.0. The highest BCUT2D eigenvalue weighted by Gasteiger charge is 2.54. The molecule has 5 rings (SSSR count). The number of sulfone groups is 1. The number of nitrogens with one attached hydrogen (secondary N) is 1. The monoisotopic (exact) mass is 672 g/mol. The van der Waals surface area contributed by atoms with E-state index in [-0.39, 0.29) is 34.6 Å². The van der Waals surface area contributed by atoms with Crippen molar-refractivity contribution in [1.29, 1.82) is 0 Å². The minimum absolute atomic E-state index is 0.0300. The van der Waals surface area contributed by atoms with Crippen LogP contribution in [0.5, 0.6) is 5.75 Å². The van der Waals surface area contributed by atoms with E-state index < -0.39 is 27.4 Å². The van der Waals surface area contributed by atoms with Crippen LogP contribution in [0, 0.1) is 5.92 Å². The number of carbonyl (C=O) groups is 1. The van der Waals surface area contributed by atoms with Crippen LogP contribution in [0.4, 0.5) is 0 Å². The Bertz CT molecular complexity index is 1590. The molecule has 1 heterocycles. The second-order valence-corrected chi connectivity index (χ2v) is 14.5. The third-order valence-corrected chi connectivity index (χ3v) is 10.7. The minimum Gasteiger partial charge on any atom is -0.494 e. The Labute approximate surface area is 274 Å². The molecule has 8 nitrogen and oxygen atoms in total. The van der Waals surface area contributed by atoms with Crippen molar-refractivity contribution in [1.82, 2.24) is 5.32 Å². The van der Waals surface area contributed by atoms with Crippen molar-refractivity contribution in [3.63, 3.8) is 0 Å². The summed E-state index contributed by atoms with van der Waals surface area (Å²) in [7, 11) is -3.77. The lowest BCUT2D eigenvalue weighted by atomic mass is 9.84. The molecule has 1 amide bonds. The van der Waals surface area contributed by atoms with Crippen molar-refractivity contribution in [3.8, 4) is 5.75 Å². The number of benzene rings is 3. The number of nitrogens with zero attached hydrogens (tertiary/aromatic N) is 1. The van der Waals surface area contributed by atoms with E-state index in [0.717, 1.165) is 25.7 Å². The third kappa shape index (κ3) is 8.01. The Morgan fingerprint density at radius 2 is 1.76 bits per heavy atom. The van der Waals surface area contributed by atoms with E-state index in [1.54, 1.807) is 72.8 Å². The van der Waals surface area contributed by atoms with E-state index in [1.807, 2.05) is 0 Å². The van der Waals surface area contributed by atoms with Crippen LogP contribution in [0.2, 0.25) is 10.0 Å². The lowest BCUT2D eigenvalue weighted by Gasteiger charge is -2.32. The third-order valence-electron chi connectivity index (χ3n) is 8.41. The highest BCUT2D eigenvalue weighted by atomic mass is 35.5. The molecule has 3 aromatic rings. The normalized spacial score (nSPS) is 20.3. The molecule has 11 heteroatoms. The molecule has 0 unspecified atom stereocenters. The zero-order valence-electron chi connectivity index (χ0n) is 25.0. The first-order valence-corrected chi connectivity index (χ1v) is 17.7. The molecule has 0 spiro atoms. The van der Waals surface area contributed by atoms with Crippen molar-refractivity contribution in [2.45, 2.75) is 61.5 Å². The van der Waals surface area contributed by atoms with Crippen LogP contribution in [0.25, 0.3) is 0 Å². The Kier molecular flexibility index (Phi) is 11.1. The molecule has 0 saturated heterocycles. The van der Waals surface area contributed by atoms with Crippen LogP contribution in [0.1, 0.15) is 62.2 Å². The van der Waals surface area contributed by atoms with E-state index >= 15 is 0 Å². The molecule has 2 aliphatic rings. The van der Waals surface area contributed by atoms with Gasteiger partial charge in [-0.15, -0.1) is 0 Å². The van der Waals surface area contributed by atoms with Crippen LogP contribution in [0.15, 0.2) is 82.7 Å². The van der Waals surface area contributed by atoms with Gasteiger partial charge in [0.15, 0.2) is 21.5 Å². The zero-order valence-corrected chi connectivity index (χ0v) is 27.3. The minimum atomic E-state index is -3.77. The van der Waals surface area contributed by atoms with Crippen LogP contribution in [0.3, 0.4) is 0 Å². The van der Waals surface area contributed by atoms with Crippen LogP contribution >= 0.6 is 23.2 Å². The zero-order chi connectivity index (χ0) is 31.9. The molecule has 1 aliphatic carbocycles. The van der Waals surface area contributed by atoms with Gasteiger partial charge in [-0.1, -0.05) is 66.7 Å². The van der Waals surface area contributed by atoms with Gasteiger partial charge in [-0.2, -0.15) is 0 Å². The van der Waals surface area contributed by atoms with Crippen LogP contribution < -0.4 is 10.1 Å². The van der Waals surface area contributed by atoms with E-state index in [2.05, 4.69) is 5.32 Å². The van der Waals surface area contributed by atoms with Gasteiger partial charge in [-0.05, 0) is 67.3 Å². The SMILES string of the molecule is O=C(NCC1CCCCC1)[C@]1(CCS(=O)(=O)c2ccccc2)N=C(c2ccc(OCCCO)cc2)O[C@@H]1c1ccc(Cl)cc1Cl. The van der Waals surface area contributed by atoms with Gasteiger partial charge in [0.05, 0.1) is 17.3 Å². The predicted molar refractivity (Wildman–Crippen MR) is 176 cm³/mol. The maximum atomic E-state index is 14.4. The van der Waals surface area contributed by atoms with Gasteiger partial charge in [-0.3, -0.25) is 4.79 Å². The highest BCUT2D eigenvalue weighted by Crippen LogP contribution is 2.45. The fourth-order valence-electron chi connectivity index (χ4n) is 5.88. The molecule has 0 radical (unpaired) electrons. The van der Waals surface area contributed by atoms with Gasteiger partial charge in [-0.25, -0.2) is 13.4 Å². The summed E-state index contributed by atoms with van der Waals surface area (Å²) in [4.78, 5) is 19.5. The number of carbonyl (C=O) groups excluding carboxylic acids is 1. The maximum absolute atomic E-state index is 14.4. The topological polar surface area (TPSA) is 114 Å². The number of hydrogen-bond acceptors (Lipinski definition) is 7. The van der Waals surface area contributed by atoms with Gasteiger partial charge in [0.25, 0.3) is 5.91 Å². The number of hydrogen-bond donors (Lipinski definition) is 2.